The van der Waals surface area contributed by atoms with Crippen LogP contribution in [0.4, 0.5) is 0 Å². The molecule has 1 atom stereocenters. The highest BCUT2D eigenvalue weighted by Crippen LogP contribution is 2.41. The Balaban J connectivity index is 1.64. The van der Waals surface area contributed by atoms with Crippen molar-refractivity contribution in [2.24, 2.45) is 5.92 Å². The van der Waals surface area contributed by atoms with Crippen LogP contribution in [-0.2, 0) is 11.3 Å². The van der Waals surface area contributed by atoms with Crippen LogP contribution in [0.2, 0.25) is 0 Å². The van der Waals surface area contributed by atoms with Gasteiger partial charge < -0.3 is 19.9 Å². The Hall–Kier alpha value is -1.10. The molecule has 1 aromatic carbocycles. The standard InChI is InChI=1S/C17H25NO3/c1-20-10-13-3-2-4-16(9-13)21-12-17(11-19,14-5-6-14)18-15-7-8-15/h2-4,9,14-15,18-19H,5-8,10-12H2,1H3. The van der Waals surface area contributed by atoms with Crippen molar-refractivity contribution >= 4 is 0 Å². The van der Waals surface area contributed by atoms with E-state index in [1.807, 2.05) is 24.3 Å². The van der Waals surface area contributed by atoms with Gasteiger partial charge in [-0.1, -0.05) is 12.1 Å². The van der Waals surface area contributed by atoms with Gasteiger partial charge in [-0.25, -0.2) is 0 Å². The summed E-state index contributed by atoms with van der Waals surface area (Å²) in [6.45, 7) is 1.26. The van der Waals surface area contributed by atoms with Gasteiger partial charge in [0.15, 0.2) is 0 Å². The highest BCUT2D eigenvalue weighted by atomic mass is 16.5. The van der Waals surface area contributed by atoms with Crippen LogP contribution in [0.25, 0.3) is 0 Å². The molecule has 4 nitrogen and oxygen atoms in total. The third-order valence-electron chi connectivity index (χ3n) is 4.42. The van der Waals surface area contributed by atoms with Gasteiger partial charge in [0, 0.05) is 13.2 Å². The van der Waals surface area contributed by atoms with E-state index < -0.39 is 0 Å². The molecule has 1 unspecified atom stereocenters. The number of ether oxygens (including phenoxy) is 2. The Morgan fingerprint density at radius 2 is 2.10 bits per heavy atom. The minimum atomic E-state index is -0.265. The molecule has 0 heterocycles. The average molecular weight is 291 g/mol. The highest BCUT2D eigenvalue weighted by Gasteiger charge is 2.48. The van der Waals surface area contributed by atoms with E-state index in [2.05, 4.69) is 5.32 Å². The molecule has 0 saturated heterocycles. The number of rotatable bonds is 9. The van der Waals surface area contributed by atoms with Crippen LogP contribution in [0.1, 0.15) is 31.2 Å². The summed E-state index contributed by atoms with van der Waals surface area (Å²) in [6, 6.07) is 8.55. The van der Waals surface area contributed by atoms with Crippen LogP contribution < -0.4 is 10.1 Å². The van der Waals surface area contributed by atoms with Gasteiger partial charge in [-0.3, -0.25) is 0 Å². The zero-order chi connectivity index (χ0) is 14.7. The van der Waals surface area contributed by atoms with Gasteiger partial charge in [0.25, 0.3) is 0 Å². The minimum absolute atomic E-state index is 0.145. The quantitative estimate of drug-likeness (QED) is 0.731. The third kappa shape index (κ3) is 3.76. The summed E-state index contributed by atoms with van der Waals surface area (Å²) in [5.74, 6) is 1.39. The number of hydrogen-bond donors (Lipinski definition) is 2. The van der Waals surface area contributed by atoms with Crippen molar-refractivity contribution in [1.82, 2.24) is 5.32 Å². The predicted octanol–water partition coefficient (Wildman–Crippen LogP) is 2.10. The first-order valence-corrected chi connectivity index (χ1v) is 7.85. The molecule has 1 aromatic rings. The van der Waals surface area contributed by atoms with Crippen molar-refractivity contribution in [3.8, 4) is 5.75 Å². The van der Waals surface area contributed by atoms with Gasteiger partial charge in [-0.15, -0.1) is 0 Å². The number of aliphatic hydroxyl groups is 1. The molecular formula is C17H25NO3. The molecule has 21 heavy (non-hydrogen) atoms. The van der Waals surface area contributed by atoms with Gasteiger partial charge in [0.2, 0.25) is 0 Å². The maximum Gasteiger partial charge on any atom is 0.119 e. The topological polar surface area (TPSA) is 50.7 Å². The Morgan fingerprint density at radius 1 is 1.29 bits per heavy atom. The van der Waals surface area contributed by atoms with Crippen LogP contribution in [0, 0.1) is 5.92 Å². The zero-order valence-corrected chi connectivity index (χ0v) is 12.7. The zero-order valence-electron chi connectivity index (χ0n) is 12.7. The summed E-state index contributed by atoms with van der Waals surface area (Å²) in [5, 5.41) is 13.5. The molecule has 116 valence electrons. The maximum absolute atomic E-state index is 9.92. The van der Waals surface area contributed by atoms with Gasteiger partial charge in [0.05, 0.1) is 18.8 Å². The van der Waals surface area contributed by atoms with Crippen LogP contribution in [0.15, 0.2) is 24.3 Å². The molecule has 0 spiro atoms. The summed E-state index contributed by atoms with van der Waals surface area (Å²) < 4.78 is 11.2. The molecule has 0 radical (unpaired) electrons. The summed E-state index contributed by atoms with van der Waals surface area (Å²) in [7, 11) is 1.69. The Kier molecular flexibility index (Phi) is 4.48. The fourth-order valence-corrected chi connectivity index (χ4v) is 2.87. The van der Waals surface area contributed by atoms with Crippen molar-refractivity contribution in [3.63, 3.8) is 0 Å². The van der Waals surface area contributed by atoms with Crippen molar-refractivity contribution in [1.29, 1.82) is 0 Å². The summed E-state index contributed by atoms with van der Waals surface area (Å²) >= 11 is 0. The molecule has 2 aliphatic carbocycles. The van der Waals surface area contributed by atoms with Crippen molar-refractivity contribution in [2.75, 3.05) is 20.3 Å². The van der Waals surface area contributed by atoms with Crippen molar-refractivity contribution in [3.05, 3.63) is 29.8 Å². The van der Waals surface area contributed by atoms with E-state index in [-0.39, 0.29) is 12.1 Å². The summed E-state index contributed by atoms with van der Waals surface area (Å²) in [5.41, 5.74) is 0.837. The number of benzene rings is 1. The monoisotopic (exact) mass is 291 g/mol. The van der Waals surface area contributed by atoms with E-state index in [0.717, 1.165) is 11.3 Å². The minimum Gasteiger partial charge on any atom is -0.492 e. The molecule has 2 fully saturated rings. The van der Waals surface area contributed by atoms with Gasteiger partial charge in [-0.2, -0.15) is 0 Å². The molecule has 4 heteroatoms. The number of aliphatic hydroxyl groups excluding tert-OH is 1. The predicted molar refractivity (Wildman–Crippen MR) is 81.3 cm³/mol. The lowest BCUT2D eigenvalue weighted by molar-refractivity contribution is 0.0830. The molecule has 0 bridgehead atoms. The lowest BCUT2D eigenvalue weighted by atomic mass is 9.95. The Morgan fingerprint density at radius 3 is 2.71 bits per heavy atom. The molecule has 2 saturated carbocycles. The van der Waals surface area contributed by atoms with Gasteiger partial charge >= 0.3 is 0 Å². The third-order valence-corrected chi connectivity index (χ3v) is 4.42. The lowest BCUT2D eigenvalue weighted by Crippen LogP contribution is -2.56. The second kappa shape index (κ2) is 6.34. The second-order valence-corrected chi connectivity index (χ2v) is 6.38. The van der Waals surface area contributed by atoms with E-state index in [1.54, 1.807) is 7.11 Å². The molecule has 2 aliphatic rings. The molecule has 0 aromatic heterocycles. The highest BCUT2D eigenvalue weighted by molar-refractivity contribution is 5.28. The number of methoxy groups -OCH3 is 1. The molecule has 0 amide bonds. The summed E-state index contributed by atoms with van der Waals surface area (Å²) in [4.78, 5) is 0. The maximum atomic E-state index is 9.92. The normalized spacial score (nSPS) is 21.0. The van der Waals surface area contributed by atoms with E-state index in [9.17, 15) is 5.11 Å². The first-order chi connectivity index (χ1) is 10.3. The largest absolute Gasteiger partial charge is 0.492 e. The van der Waals surface area contributed by atoms with Crippen LogP contribution in [0.3, 0.4) is 0 Å². The first kappa shape index (κ1) is 14.8. The van der Waals surface area contributed by atoms with Gasteiger partial charge in [0.1, 0.15) is 12.4 Å². The second-order valence-electron chi connectivity index (χ2n) is 6.38. The average Bonchev–Trinajstić information content (AvgIpc) is 3.38. The van der Waals surface area contributed by atoms with E-state index in [1.165, 1.54) is 25.7 Å². The smallest absolute Gasteiger partial charge is 0.119 e. The molecular weight excluding hydrogens is 266 g/mol. The van der Waals surface area contributed by atoms with Crippen molar-refractivity contribution < 1.29 is 14.6 Å². The molecule has 0 aliphatic heterocycles. The lowest BCUT2D eigenvalue weighted by Gasteiger charge is -2.33. The Labute approximate surface area is 126 Å². The Bertz CT molecular complexity index is 471. The molecule has 3 rings (SSSR count). The molecule has 2 N–H and O–H groups in total. The summed E-state index contributed by atoms with van der Waals surface area (Å²) in [6.07, 6.45) is 4.82. The SMILES string of the molecule is COCc1cccc(OCC(CO)(NC2CC2)C2CC2)c1. The fraction of sp³-hybridized carbons (Fsp3) is 0.647. The van der Waals surface area contributed by atoms with Gasteiger partial charge in [-0.05, 0) is 49.3 Å². The van der Waals surface area contributed by atoms with Crippen LogP contribution >= 0.6 is 0 Å². The van der Waals surface area contributed by atoms with E-state index in [4.69, 9.17) is 9.47 Å². The fourth-order valence-electron chi connectivity index (χ4n) is 2.87. The van der Waals surface area contributed by atoms with Crippen molar-refractivity contribution in [2.45, 2.75) is 43.9 Å². The number of nitrogens with one attached hydrogen (secondary N) is 1. The number of hydrogen-bond acceptors (Lipinski definition) is 4. The van der Waals surface area contributed by atoms with E-state index >= 15 is 0 Å². The van der Waals surface area contributed by atoms with Crippen LogP contribution in [0.5, 0.6) is 5.75 Å². The van der Waals surface area contributed by atoms with Crippen LogP contribution in [-0.4, -0.2) is 37.0 Å². The first-order valence-electron chi connectivity index (χ1n) is 7.85. The van der Waals surface area contributed by atoms with E-state index in [0.29, 0.717) is 25.2 Å².